The van der Waals surface area contributed by atoms with E-state index in [1.807, 2.05) is 6.07 Å². The molecule has 2 rings (SSSR count). The molecule has 17 heavy (non-hydrogen) atoms. The summed E-state index contributed by atoms with van der Waals surface area (Å²) in [5, 5.41) is 3.60. The first kappa shape index (κ1) is 13.6. The van der Waals surface area contributed by atoms with Crippen molar-refractivity contribution in [2.75, 3.05) is 7.11 Å². The van der Waals surface area contributed by atoms with Gasteiger partial charge in [0.1, 0.15) is 0 Å². The summed E-state index contributed by atoms with van der Waals surface area (Å²) in [6, 6.07) is 2.71. The molecule has 1 heterocycles. The zero-order chi connectivity index (χ0) is 12.4. The molecular weight excluding hydrogens is 277 g/mol. The van der Waals surface area contributed by atoms with E-state index < -0.39 is 0 Å². The van der Waals surface area contributed by atoms with Gasteiger partial charge in [0.05, 0.1) is 14.8 Å². The zero-order valence-electron chi connectivity index (χ0n) is 10.0. The van der Waals surface area contributed by atoms with Crippen LogP contribution in [0.15, 0.2) is 6.07 Å². The normalized spacial score (nSPS) is 26.4. The summed E-state index contributed by atoms with van der Waals surface area (Å²) in [4.78, 5) is 0. The van der Waals surface area contributed by atoms with E-state index in [1.54, 1.807) is 7.11 Å². The number of rotatable bonds is 4. The van der Waals surface area contributed by atoms with Gasteiger partial charge in [-0.3, -0.25) is 0 Å². The van der Waals surface area contributed by atoms with Crippen molar-refractivity contribution in [3.63, 3.8) is 0 Å². The standard InChI is InChI=1S/C12H17Cl2NOS/c1-7(10-6-11(13)17-12(10)14)15-8-3-4-9(5-8)16-2/h6-9,15H,3-5H2,1-2H3. The first-order valence-corrected chi connectivity index (χ1v) is 7.41. The first-order chi connectivity index (χ1) is 8.10. The van der Waals surface area contributed by atoms with Gasteiger partial charge in [-0.15, -0.1) is 11.3 Å². The summed E-state index contributed by atoms with van der Waals surface area (Å²) in [5.74, 6) is 0. The number of methoxy groups -OCH3 is 1. The minimum Gasteiger partial charge on any atom is -0.381 e. The lowest BCUT2D eigenvalue weighted by molar-refractivity contribution is 0.106. The molecule has 0 spiro atoms. The number of halogens is 2. The molecule has 3 atom stereocenters. The lowest BCUT2D eigenvalue weighted by Crippen LogP contribution is -2.29. The van der Waals surface area contributed by atoms with Crippen LogP contribution in [0.5, 0.6) is 0 Å². The quantitative estimate of drug-likeness (QED) is 0.895. The summed E-state index contributed by atoms with van der Waals surface area (Å²) in [7, 11) is 1.78. The molecule has 1 saturated carbocycles. The summed E-state index contributed by atoms with van der Waals surface area (Å²) in [5.41, 5.74) is 1.10. The van der Waals surface area contributed by atoms with Gasteiger partial charge in [-0.25, -0.2) is 0 Å². The molecule has 1 aliphatic carbocycles. The van der Waals surface area contributed by atoms with Crippen LogP contribution < -0.4 is 5.32 Å². The maximum absolute atomic E-state index is 6.15. The van der Waals surface area contributed by atoms with Gasteiger partial charge in [0, 0.05) is 19.2 Å². The van der Waals surface area contributed by atoms with Crippen LogP contribution in [0.25, 0.3) is 0 Å². The van der Waals surface area contributed by atoms with E-state index in [9.17, 15) is 0 Å². The lowest BCUT2D eigenvalue weighted by Gasteiger charge is -2.19. The third kappa shape index (κ3) is 3.36. The summed E-state index contributed by atoms with van der Waals surface area (Å²) in [6.07, 6.45) is 3.79. The van der Waals surface area contributed by atoms with Crippen LogP contribution in [0, 0.1) is 0 Å². The van der Waals surface area contributed by atoms with Gasteiger partial charge < -0.3 is 10.1 Å². The molecule has 1 fully saturated rings. The van der Waals surface area contributed by atoms with E-state index in [4.69, 9.17) is 27.9 Å². The number of hydrogen-bond donors (Lipinski definition) is 1. The van der Waals surface area contributed by atoms with Crippen LogP contribution in [0.4, 0.5) is 0 Å². The van der Waals surface area contributed by atoms with Crippen molar-refractivity contribution in [1.29, 1.82) is 0 Å². The first-order valence-electron chi connectivity index (χ1n) is 5.83. The second-order valence-electron chi connectivity index (χ2n) is 4.54. The number of nitrogens with one attached hydrogen (secondary N) is 1. The average Bonchev–Trinajstić information content (AvgIpc) is 2.85. The minimum atomic E-state index is 0.242. The Morgan fingerprint density at radius 1 is 1.47 bits per heavy atom. The summed E-state index contributed by atoms with van der Waals surface area (Å²) in [6.45, 7) is 2.13. The molecule has 1 aromatic rings. The van der Waals surface area contributed by atoms with Gasteiger partial charge in [-0.05, 0) is 37.8 Å². The van der Waals surface area contributed by atoms with Crippen molar-refractivity contribution in [3.8, 4) is 0 Å². The number of hydrogen-bond acceptors (Lipinski definition) is 3. The minimum absolute atomic E-state index is 0.242. The molecular formula is C12H17Cl2NOS. The Hall–Kier alpha value is 0.200. The van der Waals surface area contributed by atoms with Crippen LogP contribution in [-0.2, 0) is 4.74 Å². The van der Waals surface area contributed by atoms with E-state index in [-0.39, 0.29) is 6.04 Å². The highest BCUT2D eigenvalue weighted by Gasteiger charge is 2.26. The monoisotopic (exact) mass is 293 g/mol. The van der Waals surface area contributed by atoms with Gasteiger partial charge in [0.15, 0.2) is 0 Å². The molecule has 1 aromatic heterocycles. The summed E-state index contributed by atoms with van der Waals surface area (Å²) < 4.78 is 6.91. The Labute approximate surface area is 116 Å². The van der Waals surface area contributed by atoms with Crippen molar-refractivity contribution < 1.29 is 4.74 Å². The fourth-order valence-corrected chi connectivity index (χ4v) is 4.04. The van der Waals surface area contributed by atoms with Crippen molar-refractivity contribution in [1.82, 2.24) is 5.32 Å². The fourth-order valence-electron chi connectivity index (χ4n) is 2.40. The predicted molar refractivity (Wildman–Crippen MR) is 74.3 cm³/mol. The third-order valence-electron chi connectivity index (χ3n) is 3.35. The van der Waals surface area contributed by atoms with Gasteiger partial charge in [-0.1, -0.05) is 23.2 Å². The van der Waals surface area contributed by atoms with Crippen molar-refractivity contribution >= 4 is 34.5 Å². The number of ether oxygens (including phenoxy) is 1. The Bertz CT molecular complexity index is 383. The average molecular weight is 294 g/mol. The zero-order valence-corrected chi connectivity index (χ0v) is 12.3. The van der Waals surface area contributed by atoms with Crippen molar-refractivity contribution in [2.45, 2.75) is 44.4 Å². The second kappa shape index (κ2) is 5.89. The largest absolute Gasteiger partial charge is 0.381 e. The van der Waals surface area contributed by atoms with E-state index >= 15 is 0 Å². The Kier molecular flexibility index (Phi) is 4.72. The van der Waals surface area contributed by atoms with E-state index in [0.29, 0.717) is 12.1 Å². The molecule has 0 aromatic carbocycles. The van der Waals surface area contributed by atoms with E-state index in [0.717, 1.165) is 27.1 Å². The third-order valence-corrected chi connectivity index (χ3v) is 4.87. The summed E-state index contributed by atoms with van der Waals surface area (Å²) >= 11 is 13.5. The van der Waals surface area contributed by atoms with Crippen LogP contribution in [0.3, 0.4) is 0 Å². The van der Waals surface area contributed by atoms with Gasteiger partial charge >= 0.3 is 0 Å². The van der Waals surface area contributed by atoms with Crippen molar-refractivity contribution in [3.05, 3.63) is 20.3 Å². The molecule has 0 aliphatic heterocycles. The Balaban J connectivity index is 1.93. The van der Waals surface area contributed by atoms with E-state index in [1.165, 1.54) is 17.8 Å². The smallest absolute Gasteiger partial charge is 0.0991 e. The molecule has 1 aliphatic rings. The van der Waals surface area contributed by atoms with Gasteiger partial charge in [-0.2, -0.15) is 0 Å². The maximum atomic E-state index is 6.15. The molecule has 3 unspecified atom stereocenters. The molecule has 96 valence electrons. The molecule has 1 N–H and O–H groups in total. The van der Waals surface area contributed by atoms with Crippen molar-refractivity contribution in [2.24, 2.45) is 0 Å². The lowest BCUT2D eigenvalue weighted by atomic mass is 10.1. The predicted octanol–water partition coefficient (Wildman–Crippen LogP) is 4.27. The van der Waals surface area contributed by atoms with Gasteiger partial charge in [0.2, 0.25) is 0 Å². The fraction of sp³-hybridized carbons (Fsp3) is 0.667. The maximum Gasteiger partial charge on any atom is 0.0991 e. The SMILES string of the molecule is COC1CCC(NC(C)c2cc(Cl)sc2Cl)C1. The molecule has 0 radical (unpaired) electrons. The topological polar surface area (TPSA) is 21.3 Å². The number of thiophene rings is 1. The Morgan fingerprint density at radius 2 is 2.24 bits per heavy atom. The van der Waals surface area contributed by atoms with Crippen LogP contribution in [0.2, 0.25) is 8.67 Å². The second-order valence-corrected chi connectivity index (χ2v) is 6.82. The van der Waals surface area contributed by atoms with Crippen LogP contribution in [-0.4, -0.2) is 19.3 Å². The molecule has 0 saturated heterocycles. The Morgan fingerprint density at radius 3 is 2.76 bits per heavy atom. The molecule has 2 nitrogen and oxygen atoms in total. The van der Waals surface area contributed by atoms with Crippen LogP contribution >= 0.6 is 34.5 Å². The highest BCUT2D eigenvalue weighted by atomic mass is 35.5. The molecule has 0 bridgehead atoms. The molecule has 0 amide bonds. The van der Waals surface area contributed by atoms with Gasteiger partial charge in [0.25, 0.3) is 0 Å². The highest BCUT2D eigenvalue weighted by Crippen LogP contribution is 2.35. The molecule has 5 heteroatoms. The van der Waals surface area contributed by atoms with E-state index in [2.05, 4.69) is 12.2 Å². The highest BCUT2D eigenvalue weighted by molar-refractivity contribution is 7.20. The van der Waals surface area contributed by atoms with Crippen LogP contribution in [0.1, 0.15) is 37.8 Å².